The molecule has 8 nitrogen and oxygen atoms in total. The third kappa shape index (κ3) is 6.58. The van der Waals surface area contributed by atoms with Gasteiger partial charge in [0, 0.05) is 11.4 Å². The molecule has 0 fully saturated rings. The molecule has 1 unspecified atom stereocenters. The van der Waals surface area contributed by atoms with E-state index in [4.69, 9.17) is 9.47 Å². The van der Waals surface area contributed by atoms with Gasteiger partial charge in [-0.1, -0.05) is 43.7 Å². The molecule has 1 aliphatic rings. The number of ether oxygens (including phenoxy) is 2. The summed E-state index contributed by atoms with van der Waals surface area (Å²) in [6, 6.07) is 15.0. The minimum absolute atomic E-state index is 0.148. The zero-order chi connectivity index (χ0) is 23.8. The number of esters is 1. The Morgan fingerprint density at radius 1 is 1.06 bits per heavy atom. The quantitative estimate of drug-likeness (QED) is 0.499. The van der Waals surface area contributed by atoms with E-state index in [0.29, 0.717) is 34.7 Å². The van der Waals surface area contributed by atoms with E-state index in [9.17, 15) is 14.4 Å². The van der Waals surface area contributed by atoms with E-state index in [2.05, 4.69) is 16.0 Å². The van der Waals surface area contributed by atoms with Crippen LogP contribution in [0.25, 0.3) is 0 Å². The van der Waals surface area contributed by atoms with Gasteiger partial charge in [-0.15, -0.1) is 0 Å². The second-order valence-electron chi connectivity index (χ2n) is 7.90. The molecule has 33 heavy (non-hydrogen) atoms. The zero-order valence-corrected chi connectivity index (χ0v) is 19.0. The van der Waals surface area contributed by atoms with Crippen LogP contribution in [0.5, 0.6) is 5.75 Å². The van der Waals surface area contributed by atoms with Gasteiger partial charge in [-0.2, -0.15) is 0 Å². The number of nitrogens with one attached hydrogen (secondary N) is 3. The molecule has 1 aliphatic heterocycles. The number of benzene rings is 2. The number of rotatable bonds is 9. The smallest absolute Gasteiger partial charge is 0.338 e. The summed E-state index contributed by atoms with van der Waals surface area (Å²) < 4.78 is 11.0. The van der Waals surface area contributed by atoms with Gasteiger partial charge in [-0.3, -0.25) is 4.79 Å². The largest absolute Gasteiger partial charge is 0.484 e. The second kappa shape index (κ2) is 11.2. The summed E-state index contributed by atoms with van der Waals surface area (Å²) >= 11 is 0. The van der Waals surface area contributed by atoms with Crippen LogP contribution in [0, 0.1) is 0 Å². The first-order chi connectivity index (χ1) is 15.9. The van der Waals surface area contributed by atoms with Gasteiger partial charge < -0.3 is 25.4 Å². The fourth-order valence-electron chi connectivity index (χ4n) is 3.46. The molecule has 8 heteroatoms. The number of hydrogen-bond donors (Lipinski definition) is 3. The molecular weight excluding hydrogens is 422 g/mol. The summed E-state index contributed by atoms with van der Waals surface area (Å²) in [5, 5.41) is 8.31. The van der Waals surface area contributed by atoms with Gasteiger partial charge in [0.25, 0.3) is 5.91 Å². The molecule has 3 amide bonds. The highest BCUT2D eigenvalue weighted by atomic mass is 16.5. The highest BCUT2D eigenvalue weighted by Crippen LogP contribution is 2.30. The van der Waals surface area contributed by atoms with Crippen molar-refractivity contribution in [3.63, 3.8) is 0 Å². The molecule has 3 rings (SSSR count). The van der Waals surface area contributed by atoms with Crippen LogP contribution in [0.4, 0.5) is 10.5 Å². The third-order valence-corrected chi connectivity index (χ3v) is 4.86. The van der Waals surface area contributed by atoms with Gasteiger partial charge >= 0.3 is 12.0 Å². The van der Waals surface area contributed by atoms with Crippen molar-refractivity contribution in [2.75, 3.05) is 11.9 Å². The summed E-state index contributed by atoms with van der Waals surface area (Å²) in [6.45, 7) is 5.39. The Morgan fingerprint density at radius 3 is 2.39 bits per heavy atom. The minimum Gasteiger partial charge on any atom is -0.484 e. The molecule has 1 atom stereocenters. The topological polar surface area (TPSA) is 106 Å². The number of hydrogen-bond acceptors (Lipinski definition) is 5. The zero-order valence-electron chi connectivity index (χ0n) is 19.0. The molecule has 0 spiro atoms. The number of para-hydroxylation sites is 1. The number of anilines is 1. The number of allylic oxidation sites excluding steroid dienone is 1. The maximum atomic E-state index is 12.8. The van der Waals surface area contributed by atoms with Crippen LogP contribution in [0.2, 0.25) is 0 Å². The van der Waals surface area contributed by atoms with Crippen LogP contribution >= 0.6 is 0 Å². The maximum Gasteiger partial charge on any atom is 0.338 e. The monoisotopic (exact) mass is 451 g/mol. The lowest BCUT2D eigenvalue weighted by atomic mass is 9.93. The average molecular weight is 452 g/mol. The van der Waals surface area contributed by atoms with E-state index < -0.39 is 12.0 Å². The van der Waals surface area contributed by atoms with Crippen molar-refractivity contribution in [1.29, 1.82) is 0 Å². The summed E-state index contributed by atoms with van der Waals surface area (Å²) in [4.78, 5) is 37.2. The van der Waals surface area contributed by atoms with Crippen molar-refractivity contribution >= 4 is 23.6 Å². The number of urea groups is 1. The molecule has 0 radical (unpaired) electrons. The molecule has 0 bridgehead atoms. The lowest BCUT2D eigenvalue weighted by Crippen LogP contribution is -2.46. The first kappa shape index (κ1) is 23.8. The standard InChI is InChI=1S/C25H29N3O5/c1-4-8-20-22(24(30)33-16(2)3)23(28-25(31)27-20)17-11-13-19(14-12-17)32-15-21(29)26-18-9-6-5-7-10-18/h5-7,9-14,16,23H,4,8,15H2,1-3H3,(H,26,29)(H2,27,28,31). The summed E-state index contributed by atoms with van der Waals surface area (Å²) in [5.41, 5.74) is 2.35. The van der Waals surface area contributed by atoms with E-state index in [1.54, 1.807) is 50.2 Å². The van der Waals surface area contributed by atoms with Crippen LogP contribution < -0.4 is 20.7 Å². The van der Waals surface area contributed by atoms with Crippen molar-refractivity contribution < 1.29 is 23.9 Å². The van der Waals surface area contributed by atoms with Crippen LogP contribution in [-0.4, -0.2) is 30.6 Å². The number of amides is 3. The first-order valence-corrected chi connectivity index (χ1v) is 11.0. The fraction of sp³-hybridized carbons (Fsp3) is 0.320. The SMILES string of the molecule is CCCC1=C(C(=O)OC(C)C)C(c2ccc(OCC(=O)Nc3ccccc3)cc2)NC(=O)N1. The molecule has 0 saturated heterocycles. The molecule has 0 saturated carbocycles. The Labute approximate surface area is 193 Å². The van der Waals surface area contributed by atoms with E-state index in [1.807, 2.05) is 25.1 Å². The van der Waals surface area contributed by atoms with E-state index in [-0.39, 0.29) is 24.6 Å². The van der Waals surface area contributed by atoms with Crippen molar-refractivity contribution in [1.82, 2.24) is 10.6 Å². The molecule has 174 valence electrons. The van der Waals surface area contributed by atoms with Crippen LogP contribution in [-0.2, 0) is 14.3 Å². The lowest BCUT2D eigenvalue weighted by molar-refractivity contribution is -0.143. The molecule has 0 aromatic heterocycles. The maximum absolute atomic E-state index is 12.8. The summed E-state index contributed by atoms with van der Waals surface area (Å²) in [6.07, 6.45) is 1.02. The number of carbonyl (C=O) groups is 3. The van der Waals surface area contributed by atoms with Gasteiger partial charge in [0.1, 0.15) is 5.75 Å². The molecule has 2 aromatic rings. The Balaban J connectivity index is 1.73. The first-order valence-electron chi connectivity index (χ1n) is 11.0. The third-order valence-electron chi connectivity index (χ3n) is 4.86. The van der Waals surface area contributed by atoms with Crippen molar-refractivity contribution in [3.05, 3.63) is 71.4 Å². The van der Waals surface area contributed by atoms with Crippen LogP contribution in [0.1, 0.15) is 45.2 Å². The van der Waals surface area contributed by atoms with Gasteiger partial charge in [0.15, 0.2) is 6.61 Å². The lowest BCUT2D eigenvalue weighted by Gasteiger charge is -2.30. The van der Waals surface area contributed by atoms with Crippen molar-refractivity contribution in [3.8, 4) is 5.75 Å². The van der Waals surface area contributed by atoms with Gasteiger partial charge in [-0.25, -0.2) is 9.59 Å². The summed E-state index contributed by atoms with van der Waals surface area (Å²) in [7, 11) is 0. The molecule has 1 heterocycles. The summed E-state index contributed by atoms with van der Waals surface area (Å²) in [5.74, 6) is -0.253. The normalized spacial score (nSPS) is 15.5. The highest BCUT2D eigenvalue weighted by Gasteiger charge is 2.33. The fourth-order valence-corrected chi connectivity index (χ4v) is 3.46. The predicted molar refractivity (Wildman–Crippen MR) is 125 cm³/mol. The molecule has 3 N–H and O–H groups in total. The molecule has 0 aliphatic carbocycles. The van der Waals surface area contributed by atoms with E-state index in [0.717, 1.165) is 6.42 Å². The Kier molecular flexibility index (Phi) is 8.07. The van der Waals surface area contributed by atoms with Crippen LogP contribution in [0.15, 0.2) is 65.9 Å². The van der Waals surface area contributed by atoms with E-state index in [1.165, 1.54) is 0 Å². The van der Waals surface area contributed by atoms with Gasteiger partial charge in [-0.05, 0) is 50.1 Å². The average Bonchev–Trinajstić information content (AvgIpc) is 2.78. The Bertz CT molecular complexity index is 1020. The minimum atomic E-state index is -0.651. The number of carbonyl (C=O) groups excluding carboxylic acids is 3. The predicted octanol–water partition coefficient (Wildman–Crippen LogP) is 4.06. The van der Waals surface area contributed by atoms with Gasteiger partial charge in [0.2, 0.25) is 0 Å². The van der Waals surface area contributed by atoms with Gasteiger partial charge in [0.05, 0.1) is 17.7 Å². The Hall–Kier alpha value is -3.81. The highest BCUT2D eigenvalue weighted by molar-refractivity contribution is 5.95. The van der Waals surface area contributed by atoms with E-state index >= 15 is 0 Å². The van der Waals surface area contributed by atoms with Crippen molar-refractivity contribution in [2.45, 2.75) is 45.8 Å². The molecular formula is C25H29N3O5. The Morgan fingerprint density at radius 2 is 1.76 bits per heavy atom. The van der Waals surface area contributed by atoms with Crippen molar-refractivity contribution in [2.24, 2.45) is 0 Å². The van der Waals surface area contributed by atoms with Crippen LogP contribution in [0.3, 0.4) is 0 Å². The molecule has 2 aromatic carbocycles. The second-order valence-corrected chi connectivity index (χ2v) is 7.90.